The summed E-state index contributed by atoms with van der Waals surface area (Å²) in [4.78, 5) is 21.9. The molecule has 0 fully saturated rings. The molecular weight excluding hydrogens is 293 g/mol. The van der Waals surface area contributed by atoms with Gasteiger partial charge in [0.15, 0.2) is 6.61 Å². The molecule has 1 aromatic rings. The van der Waals surface area contributed by atoms with Crippen molar-refractivity contribution in [3.05, 3.63) is 34.1 Å². The van der Waals surface area contributed by atoms with Gasteiger partial charge in [-0.1, -0.05) is 13.8 Å². The summed E-state index contributed by atoms with van der Waals surface area (Å²) >= 11 is 0. The first kappa shape index (κ1) is 17.4. The number of rotatable bonds is 6. The van der Waals surface area contributed by atoms with Gasteiger partial charge < -0.3 is 10.1 Å². The molecule has 0 heterocycles. The standard InChI is InChI=1S/C14H16FN3O4/c1-9(2)14(3,8-16)17-13(19)7-22-12-6-10(15)4-5-11(12)18(20)21/h4-6,9H,7H2,1-3H3,(H,17,19)/t14-/m1/s1. The maximum atomic E-state index is 13.1. The molecule has 1 amide bonds. The molecule has 22 heavy (non-hydrogen) atoms. The van der Waals surface area contributed by atoms with E-state index in [9.17, 15) is 19.3 Å². The number of hydrogen-bond acceptors (Lipinski definition) is 5. The minimum atomic E-state index is -1.09. The largest absolute Gasteiger partial charge is 0.477 e. The SMILES string of the molecule is CC(C)[C@@](C)(C#N)NC(=O)COc1cc(F)ccc1[N+](=O)[O-]. The fourth-order valence-electron chi connectivity index (χ4n) is 1.52. The van der Waals surface area contributed by atoms with Gasteiger partial charge in [-0.15, -0.1) is 0 Å². The van der Waals surface area contributed by atoms with Gasteiger partial charge in [-0.05, 0) is 18.9 Å². The number of halogens is 1. The normalized spacial score (nSPS) is 13.1. The molecule has 0 saturated carbocycles. The van der Waals surface area contributed by atoms with Crippen molar-refractivity contribution in [2.45, 2.75) is 26.3 Å². The number of amides is 1. The molecule has 0 bridgehead atoms. The summed E-state index contributed by atoms with van der Waals surface area (Å²) in [6.07, 6.45) is 0. The van der Waals surface area contributed by atoms with Crippen LogP contribution >= 0.6 is 0 Å². The number of hydrogen-bond donors (Lipinski definition) is 1. The van der Waals surface area contributed by atoms with E-state index in [1.807, 2.05) is 6.07 Å². The Morgan fingerprint density at radius 3 is 2.73 bits per heavy atom. The van der Waals surface area contributed by atoms with Crippen LogP contribution in [0.2, 0.25) is 0 Å². The molecule has 0 unspecified atom stereocenters. The van der Waals surface area contributed by atoms with Crippen molar-refractivity contribution >= 4 is 11.6 Å². The molecule has 1 aromatic carbocycles. The molecule has 1 atom stereocenters. The van der Waals surface area contributed by atoms with E-state index in [4.69, 9.17) is 10.00 Å². The average molecular weight is 309 g/mol. The maximum absolute atomic E-state index is 13.1. The number of benzene rings is 1. The van der Waals surface area contributed by atoms with Crippen molar-refractivity contribution in [3.8, 4) is 11.8 Å². The van der Waals surface area contributed by atoms with Crippen LogP contribution in [0, 0.1) is 33.2 Å². The van der Waals surface area contributed by atoms with Crippen molar-refractivity contribution in [2.24, 2.45) is 5.92 Å². The van der Waals surface area contributed by atoms with Crippen molar-refractivity contribution in [3.63, 3.8) is 0 Å². The highest BCUT2D eigenvalue weighted by atomic mass is 19.1. The van der Waals surface area contributed by atoms with Gasteiger partial charge in [0.05, 0.1) is 11.0 Å². The van der Waals surface area contributed by atoms with Crippen LogP contribution in [0.4, 0.5) is 10.1 Å². The Bertz CT molecular complexity index is 627. The van der Waals surface area contributed by atoms with Crippen LogP contribution < -0.4 is 10.1 Å². The smallest absolute Gasteiger partial charge is 0.311 e. The van der Waals surface area contributed by atoms with Gasteiger partial charge in [0.25, 0.3) is 5.91 Å². The molecule has 0 aromatic heterocycles. The minimum absolute atomic E-state index is 0.148. The molecule has 7 nitrogen and oxygen atoms in total. The Morgan fingerprint density at radius 1 is 1.59 bits per heavy atom. The molecular formula is C14H16FN3O4. The van der Waals surface area contributed by atoms with E-state index in [0.29, 0.717) is 0 Å². The van der Waals surface area contributed by atoms with Crippen LogP contribution in [0.15, 0.2) is 18.2 Å². The maximum Gasteiger partial charge on any atom is 0.311 e. The van der Waals surface area contributed by atoms with E-state index >= 15 is 0 Å². The number of nitrogens with zero attached hydrogens (tertiary/aromatic N) is 2. The summed E-state index contributed by atoms with van der Waals surface area (Å²) in [5.74, 6) is -1.84. The van der Waals surface area contributed by atoms with E-state index < -0.39 is 34.5 Å². The fourth-order valence-corrected chi connectivity index (χ4v) is 1.52. The van der Waals surface area contributed by atoms with Gasteiger partial charge in [0.1, 0.15) is 11.4 Å². The highest BCUT2D eigenvalue weighted by Gasteiger charge is 2.30. The Morgan fingerprint density at radius 2 is 2.23 bits per heavy atom. The van der Waals surface area contributed by atoms with Gasteiger partial charge in [0, 0.05) is 12.1 Å². The van der Waals surface area contributed by atoms with Crippen LogP contribution in [0.25, 0.3) is 0 Å². The number of nitro benzene ring substituents is 1. The Hall–Kier alpha value is -2.69. The van der Waals surface area contributed by atoms with Gasteiger partial charge in [0.2, 0.25) is 5.75 Å². The minimum Gasteiger partial charge on any atom is -0.477 e. The molecule has 1 rings (SSSR count). The van der Waals surface area contributed by atoms with E-state index in [0.717, 1.165) is 18.2 Å². The first-order chi connectivity index (χ1) is 10.2. The third-order valence-corrected chi connectivity index (χ3v) is 3.26. The predicted molar refractivity (Wildman–Crippen MR) is 75.5 cm³/mol. The Kier molecular flexibility index (Phi) is 5.40. The van der Waals surface area contributed by atoms with E-state index in [2.05, 4.69) is 5.32 Å². The van der Waals surface area contributed by atoms with Crippen LogP contribution in [0.1, 0.15) is 20.8 Å². The lowest BCUT2D eigenvalue weighted by Crippen LogP contribution is -2.50. The average Bonchev–Trinajstić information content (AvgIpc) is 2.44. The Balaban J connectivity index is 2.79. The summed E-state index contributed by atoms with van der Waals surface area (Å²) in [7, 11) is 0. The van der Waals surface area contributed by atoms with E-state index in [1.54, 1.807) is 20.8 Å². The second-order valence-electron chi connectivity index (χ2n) is 5.17. The van der Waals surface area contributed by atoms with Gasteiger partial charge >= 0.3 is 5.69 Å². The number of nitrogens with one attached hydrogen (secondary N) is 1. The third-order valence-electron chi connectivity index (χ3n) is 3.26. The molecule has 0 spiro atoms. The molecule has 118 valence electrons. The summed E-state index contributed by atoms with van der Waals surface area (Å²) in [6, 6.07) is 4.70. The zero-order valence-electron chi connectivity index (χ0n) is 12.4. The molecule has 0 aliphatic heterocycles. The van der Waals surface area contributed by atoms with Crippen LogP contribution in [-0.4, -0.2) is 23.0 Å². The highest BCUT2D eigenvalue weighted by Crippen LogP contribution is 2.27. The van der Waals surface area contributed by atoms with Crippen molar-refractivity contribution in [1.29, 1.82) is 5.26 Å². The molecule has 0 aliphatic rings. The van der Waals surface area contributed by atoms with Crippen molar-refractivity contribution in [2.75, 3.05) is 6.61 Å². The fraction of sp³-hybridized carbons (Fsp3) is 0.429. The molecule has 0 radical (unpaired) electrons. The van der Waals surface area contributed by atoms with Crippen LogP contribution in [0.5, 0.6) is 5.75 Å². The first-order valence-corrected chi connectivity index (χ1v) is 6.48. The number of ether oxygens (including phenoxy) is 1. The molecule has 0 saturated heterocycles. The summed E-state index contributed by atoms with van der Waals surface area (Å²) in [5.41, 5.74) is -1.53. The lowest BCUT2D eigenvalue weighted by atomic mass is 9.90. The molecule has 8 heteroatoms. The van der Waals surface area contributed by atoms with Crippen molar-refractivity contribution < 1.29 is 18.8 Å². The molecule has 0 aliphatic carbocycles. The quantitative estimate of drug-likeness (QED) is 0.640. The molecule has 1 N–H and O–H groups in total. The van der Waals surface area contributed by atoms with Gasteiger partial charge in [-0.2, -0.15) is 5.26 Å². The summed E-state index contributed by atoms with van der Waals surface area (Å²) in [5, 5.41) is 22.4. The summed E-state index contributed by atoms with van der Waals surface area (Å²) < 4.78 is 18.1. The van der Waals surface area contributed by atoms with E-state index in [-0.39, 0.29) is 11.7 Å². The second-order valence-corrected chi connectivity index (χ2v) is 5.17. The lowest BCUT2D eigenvalue weighted by Gasteiger charge is -2.27. The zero-order valence-corrected chi connectivity index (χ0v) is 12.4. The summed E-state index contributed by atoms with van der Waals surface area (Å²) in [6.45, 7) is 4.53. The zero-order chi connectivity index (χ0) is 16.9. The predicted octanol–water partition coefficient (Wildman–Crippen LogP) is 2.17. The number of carbonyl (C=O) groups excluding carboxylic acids is 1. The Labute approximate surface area is 126 Å². The topological polar surface area (TPSA) is 105 Å². The number of nitro groups is 1. The lowest BCUT2D eigenvalue weighted by molar-refractivity contribution is -0.385. The monoisotopic (exact) mass is 309 g/mol. The number of nitriles is 1. The van der Waals surface area contributed by atoms with Crippen LogP contribution in [0.3, 0.4) is 0 Å². The van der Waals surface area contributed by atoms with Crippen molar-refractivity contribution in [1.82, 2.24) is 5.32 Å². The first-order valence-electron chi connectivity index (χ1n) is 6.48. The second kappa shape index (κ2) is 6.85. The van der Waals surface area contributed by atoms with Crippen LogP contribution in [-0.2, 0) is 4.79 Å². The van der Waals surface area contributed by atoms with Gasteiger partial charge in [-0.25, -0.2) is 4.39 Å². The third kappa shape index (κ3) is 4.15. The van der Waals surface area contributed by atoms with Gasteiger partial charge in [-0.3, -0.25) is 14.9 Å². The van der Waals surface area contributed by atoms with E-state index in [1.165, 1.54) is 0 Å². The highest BCUT2D eigenvalue weighted by molar-refractivity contribution is 5.79. The number of carbonyl (C=O) groups is 1.